The highest BCUT2D eigenvalue weighted by molar-refractivity contribution is 7.13. The molecule has 0 unspecified atom stereocenters. The molecule has 3 rings (SSSR count). The summed E-state index contributed by atoms with van der Waals surface area (Å²) >= 11 is 1.44. The first-order chi connectivity index (χ1) is 13.3. The lowest BCUT2D eigenvalue weighted by Gasteiger charge is -2.14. The lowest BCUT2D eigenvalue weighted by Crippen LogP contribution is -2.22. The van der Waals surface area contributed by atoms with Crippen molar-refractivity contribution in [1.82, 2.24) is 4.98 Å². The van der Waals surface area contributed by atoms with Crippen LogP contribution in [-0.4, -0.2) is 23.6 Å². The number of carbonyl (C=O) groups is 1. The van der Waals surface area contributed by atoms with E-state index < -0.39 is 12.7 Å². The zero-order chi connectivity index (χ0) is 20.1. The zero-order valence-electron chi connectivity index (χ0n) is 15.0. The van der Waals surface area contributed by atoms with E-state index in [9.17, 15) is 18.0 Å². The topological polar surface area (TPSA) is 54.0 Å². The summed E-state index contributed by atoms with van der Waals surface area (Å²) in [5, 5.41) is 7.57. The van der Waals surface area contributed by atoms with E-state index in [1.807, 2.05) is 36.6 Å². The summed E-state index contributed by atoms with van der Waals surface area (Å²) in [5.41, 5.74) is 3.25. The number of aryl methyl sites for hydroxylation is 1. The van der Waals surface area contributed by atoms with Gasteiger partial charge >= 0.3 is 6.18 Å². The molecule has 0 aliphatic heterocycles. The number of halogens is 3. The Kier molecular flexibility index (Phi) is 5.99. The van der Waals surface area contributed by atoms with E-state index in [2.05, 4.69) is 15.6 Å². The van der Waals surface area contributed by atoms with Crippen LogP contribution in [0.5, 0.6) is 0 Å². The minimum absolute atomic E-state index is 0.0377. The van der Waals surface area contributed by atoms with Crippen LogP contribution in [0, 0.1) is 6.92 Å². The van der Waals surface area contributed by atoms with E-state index in [1.54, 1.807) is 18.2 Å². The van der Waals surface area contributed by atoms with E-state index in [4.69, 9.17) is 0 Å². The van der Waals surface area contributed by atoms with Crippen LogP contribution in [0.4, 0.5) is 24.5 Å². The molecule has 0 saturated carbocycles. The van der Waals surface area contributed by atoms with Crippen LogP contribution >= 0.6 is 11.3 Å². The lowest BCUT2D eigenvalue weighted by molar-refractivity contribution is -0.116. The van der Waals surface area contributed by atoms with Crippen LogP contribution in [0.15, 0.2) is 53.9 Å². The molecule has 0 fully saturated rings. The van der Waals surface area contributed by atoms with Gasteiger partial charge in [0.25, 0.3) is 0 Å². The number of thiazole rings is 1. The predicted molar refractivity (Wildman–Crippen MR) is 106 cm³/mol. The average molecular weight is 405 g/mol. The standard InChI is InChI=1S/C20H18F3N3OS/c1-13-6-8-14(9-7-13)19-25-15(11-28-19)10-18(27)26-17-5-3-2-4-16(17)24-12-20(21,22)23/h2-9,11,24H,10,12H2,1H3,(H,26,27). The molecule has 28 heavy (non-hydrogen) atoms. The van der Waals surface area contributed by atoms with E-state index in [0.29, 0.717) is 11.4 Å². The highest BCUT2D eigenvalue weighted by Crippen LogP contribution is 2.26. The minimum atomic E-state index is -4.34. The third-order valence-electron chi connectivity index (χ3n) is 3.87. The third kappa shape index (κ3) is 5.56. The summed E-state index contributed by atoms with van der Waals surface area (Å²) in [7, 11) is 0. The summed E-state index contributed by atoms with van der Waals surface area (Å²) in [6.45, 7) is 0.828. The Morgan fingerprint density at radius 2 is 1.75 bits per heavy atom. The highest BCUT2D eigenvalue weighted by Gasteiger charge is 2.27. The summed E-state index contributed by atoms with van der Waals surface area (Å²) in [6, 6.07) is 14.2. The van der Waals surface area contributed by atoms with Crippen molar-refractivity contribution >= 4 is 28.6 Å². The largest absolute Gasteiger partial charge is 0.405 e. The molecule has 2 N–H and O–H groups in total. The summed E-state index contributed by atoms with van der Waals surface area (Å²) < 4.78 is 37.3. The van der Waals surface area contributed by atoms with Crippen molar-refractivity contribution in [3.05, 3.63) is 65.2 Å². The first kappa shape index (κ1) is 19.9. The van der Waals surface area contributed by atoms with E-state index >= 15 is 0 Å². The molecule has 0 radical (unpaired) electrons. The number of carbonyl (C=O) groups excluding carboxylic acids is 1. The van der Waals surface area contributed by atoms with Gasteiger partial charge in [0.2, 0.25) is 5.91 Å². The van der Waals surface area contributed by atoms with Crippen molar-refractivity contribution in [3.8, 4) is 10.6 Å². The molecule has 1 amide bonds. The smallest absolute Gasteiger partial charge is 0.375 e. The number of nitrogens with zero attached hydrogens (tertiary/aromatic N) is 1. The number of aromatic nitrogens is 1. The Morgan fingerprint density at radius 1 is 1.07 bits per heavy atom. The highest BCUT2D eigenvalue weighted by atomic mass is 32.1. The molecule has 3 aromatic rings. The zero-order valence-corrected chi connectivity index (χ0v) is 15.8. The molecule has 0 aliphatic rings. The van der Waals surface area contributed by atoms with Gasteiger partial charge in [-0.2, -0.15) is 13.2 Å². The Bertz CT molecular complexity index is 952. The van der Waals surface area contributed by atoms with Crippen LogP contribution in [0.3, 0.4) is 0 Å². The monoisotopic (exact) mass is 405 g/mol. The number of hydrogen-bond acceptors (Lipinski definition) is 4. The second-order valence-electron chi connectivity index (χ2n) is 6.25. The molecule has 2 aromatic carbocycles. The molecule has 1 aromatic heterocycles. The number of rotatable bonds is 6. The van der Waals surface area contributed by atoms with Gasteiger partial charge in [-0.25, -0.2) is 4.98 Å². The molecule has 1 heterocycles. The molecular formula is C20H18F3N3OS. The number of alkyl halides is 3. The van der Waals surface area contributed by atoms with Crippen LogP contribution < -0.4 is 10.6 Å². The van der Waals surface area contributed by atoms with Gasteiger partial charge in [-0.15, -0.1) is 11.3 Å². The van der Waals surface area contributed by atoms with Gasteiger partial charge in [-0.1, -0.05) is 42.0 Å². The molecule has 0 atom stereocenters. The van der Waals surface area contributed by atoms with E-state index in [-0.39, 0.29) is 18.0 Å². The van der Waals surface area contributed by atoms with Crippen molar-refractivity contribution < 1.29 is 18.0 Å². The van der Waals surface area contributed by atoms with E-state index in [0.717, 1.165) is 16.1 Å². The lowest BCUT2D eigenvalue weighted by atomic mass is 10.2. The molecule has 0 saturated heterocycles. The number of benzene rings is 2. The van der Waals surface area contributed by atoms with Gasteiger partial charge in [0.15, 0.2) is 0 Å². The molecule has 0 bridgehead atoms. The summed E-state index contributed by atoms with van der Waals surface area (Å²) in [6.07, 6.45) is -4.31. The fourth-order valence-electron chi connectivity index (χ4n) is 2.52. The fraction of sp³-hybridized carbons (Fsp3) is 0.200. The van der Waals surface area contributed by atoms with Gasteiger partial charge in [-0.05, 0) is 19.1 Å². The number of hydrogen-bond donors (Lipinski definition) is 2. The van der Waals surface area contributed by atoms with Crippen molar-refractivity contribution in [2.24, 2.45) is 0 Å². The minimum Gasteiger partial charge on any atom is -0.375 e. The van der Waals surface area contributed by atoms with Gasteiger partial charge in [0.1, 0.15) is 11.6 Å². The maximum atomic E-state index is 12.4. The third-order valence-corrected chi connectivity index (χ3v) is 4.81. The maximum Gasteiger partial charge on any atom is 0.405 e. The van der Waals surface area contributed by atoms with Gasteiger partial charge < -0.3 is 10.6 Å². The Hall–Kier alpha value is -2.87. The second kappa shape index (κ2) is 8.43. The Labute approximate surface area is 164 Å². The van der Waals surface area contributed by atoms with Gasteiger partial charge in [-0.3, -0.25) is 4.79 Å². The van der Waals surface area contributed by atoms with Crippen molar-refractivity contribution in [2.45, 2.75) is 19.5 Å². The number of amides is 1. The van der Waals surface area contributed by atoms with Crippen LogP contribution in [0.25, 0.3) is 10.6 Å². The summed E-state index contributed by atoms with van der Waals surface area (Å²) in [5.74, 6) is -0.345. The molecular weight excluding hydrogens is 387 g/mol. The van der Waals surface area contributed by atoms with Crippen molar-refractivity contribution in [2.75, 3.05) is 17.2 Å². The number of para-hydroxylation sites is 2. The first-order valence-electron chi connectivity index (χ1n) is 8.51. The fourth-order valence-corrected chi connectivity index (χ4v) is 3.34. The molecule has 8 heteroatoms. The second-order valence-corrected chi connectivity index (χ2v) is 7.11. The first-order valence-corrected chi connectivity index (χ1v) is 9.39. The Balaban J connectivity index is 1.64. The predicted octanol–water partition coefficient (Wildman–Crippen LogP) is 5.27. The van der Waals surface area contributed by atoms with Crippen LogP contribution in [0.1, 0.15) is 11.3 Å². The van der Waals surface area contributed by atoms with Gasteiger partial charge in [0, 0.05) is 10.9 Å². The Morgan fingerprint density at radius 3 is 2.43 bits per heavy atom. The van der Waals surface area contributed by atoms with Gasteiger partial charge in [0.05, 0.1) is 23.5 Å². The molecule has 4 nitrogen and oxygen atoms in total. The maximum absolute atomic E-state index is 12.4. The number of anilines is 2. The van der Waals surface area contributed by atoms with E-state index in [1.165, 1.54) is 17.4 Å². The molecule has 146 valence electrons. The molecule has 0 spiro atoms. The summed E-state index contributed by atoms with van der Waals surface area (Å²) in [4.78, 5) is 16.8. The normalized spacial score (nSPS) is 11.3. The van der Waals surface area contributed by atoms with Crippen molar-refractivity contribution in [1.29, 1.82) is 0 Å². The van der Waals surface area contributed by atoms with Crippen molar-refractivity contribution in [3.63, 3.8) is 0 Å². The SMILES string of the molecule is Cc1ccc(-c2nc(CC(=O)Nc3ccccc3NCC(F)(F)F)cs2)cc1. The number of nitrogens with one attached hydrogen (secondary N) is 2. The van der Waals surface area contributed by atoms with Crippen LogP contribution in [0.2, 0.25) is 0 Å². The van der Waals surface area contributed by atoms with Crippen LogP contribution in [-0.2, 0) is 11.2 Å². The average Bonchev–Trinajstić information content (AvgIpc) is 3.09. The quantitative estimate of drug-likeness (QED) is 0.587. The molecule has 0 aliphatic carbocycles.